The highest BCUT2D eigenvalue weighted by Gasteiger charge is 2.30. The zero-order valence-corrected chi connectivity index (χ0v) is 6.93. The molecule has 1 unspecified atom stereocenters. The SMILES string of the molecule is CCC(NC(N)=S)C(O)(O)O. The van der Waals surface area contributed by atoms with Crippen molar-refractivity contribution in [3.8, 4) is 0 Å². The van der Waals surface area contributed by atoms with E-state index in [1.165, 1.54) is 0 Å². The molecule has 0 heterocycles. The average Bonchev–Trinajstić information content (AvgIpc) is 1.79. The van der Waals surface area contributed by atoms with Gasteiger partial charge in [-0.2, -0.15) is 0 Å². The van der Waals surface area contributed by atoms with E-state index in [4.69, 9.17) is 21.1 Å². The highest BCUT2D eigenvalue weighted by molar-refractivity contribution is 7.80. The van der Waals surface area contributed by atoms with Crippen LogP contribution in [0.25, 0.3) is 0 Å². The minimum absolute atomic E-state index is 0.0848. The number of rotatable bonds is 3. The summed E-state index contributed by atoms with van der Waals surface area (Å²) >= 11 is 4.44. The lowest BCUT2D eigenvalue weighted by Gasteiger charge is -2.25. The standard InChI is InChI=1S/C5H12N2O3S/c1-2-3(5(8,9)10)7-4(6)11/h3,8-10H,2H2,1H3,(H3,6,7,11). The van der Waals surface area contributed by atoms with E-state index in [2.05, 4.69) is 17.5 Å². The molecule has 0 fully saturated rings. The van der Waals surface area contributed by atoms with E-state index in [9.17, 15) is 0 Å². The molecule has 0 rings (SSSR count). The monoisotopic (exact) mass is 180 g/mol. The summed E-state index contributed by atoms with van der Waals surface area (Å²) in [6.07, 6.45) is 0.292. The zero-order valence-electron chi connectivity index (χ0n) is 6.11. The van der Waals surface area contributed by atoms with Gasteiger partial charge in [-0.15, -0.1) is 0 Å². The van der Waals surface area contributed by atoms with Crippen LogP contribution in [0.3, 0.4) is 0 Å². The molecular formula is C5H12N2O3S. The van der Waals surface area contributed by atoms with Crippen molar-refractivity contribution in [1.29, 1.82) is 0 Å². The van der Waals surface area contributed by atoms with Gasteiger partial charge in [0.1, 0.15) is 6.04 Å². The molecule has 0 amide bonds. The minimum Gasteiger partial charge on any atom is -0.376 e. The number of hydrogen-bond donors (Lipinski definition) is 5. The van der Waals surface area contributed by atoms with Gasteiger partial charge in [-0.05, 0) is 18.6 Å². The maximum Gasteiger partial charge on any atom is 0.296 e. The molecule has 0 saturated heterocycles. The van der Waals surface area contributed by atoms with Crippen molar-refractivity contribution in [3.63, 3.8) is 0 Å². The third kappa shape index (κ3) is 4.10. The van der Waals surface area contributed by atoms with Gasteiger partial charge in [0.05, 0.1) is 0 Å². The molecule has 0 aliphatic heterocycles. The van der Waals surface area contributed by atoms with Crippen LogP contribution >= 0.6 is 12.2 Å². The Balaban J connectivity index is 4.07. The number of aliphatic hydroxyl groups is 3. The second kappa shape index (κ2) is 3.82. The van der Waals surface area contributed by atoms with E-state index in [0.717, 1.165) is 0 Å². The van der Waals surface area contributed by atoms with E-state index < -0.39 is 12.0 Å². The van der Waals surface area contributed by atoms with Gasteiger partial charge in [0, 0.05) is 0 Å². The van der Waals surface area contributed by atoms with Gasteiger partial charge < -0.3 is 26.4 Å². The second-order valence-electron chi connectivity index (χ2n) is 2.16. The first-order valence-electron chi connectivity index (χ1n) is 3.11. The van der Waals surface area contributed by atoms with E-state index in [0.29, 0.717) is 6.42 Å². The van der Waals surface area contributed by atoms with Gasteiger partial charge in [-0.1, -0.05) is 6.92 Å². The van der Waals surface area contributed by atoms with E-state index in [-0.39, 0.29) is 5.11 Å². The highest BCUT2D eigenvalue weighted by atomic mass is 32.1. The van der Waals surface area contributed by atoms with E-state index >= 15 is 0 Å². The summed E-state index contributed by atoms with van der Waals surface area (Å²) in [7, 11) is 0. The molecule has 0 aliphatic carbocycles. The van der Waals surface area contributed by atoms with Crippen LogP contribution in [-0.2, 0) is 0 Å². The Morgan fingerprint density at radius 1 is 1.64 bits per heavy atom. The number of nitrogens with one attached hydrogen (secondary N) is 1. The zero-order chi connectivity index (χ0) is 9.07. The molecule has 0 aromatic rings. The normalized spacial score (nSPS) is 14.2. The van der Waals surface area contributed by atoms with Gasteiger partial charge in [-0.3, -0.25) is 0 Å². The first-order valence-corrected chi connectivity index (χ1v) is 3.51. The smallest absolute Gasteiger partial charge is 0.296 e. The van der Waals surface area contributed by atoms with Crippen LogP contribution in [-0.4, -0.2) is 32.4 Å². The van der Waals surface area contributed by atoms with Crippen LogP contribution in [0.4, 0.5) is 0 Å². The molecule has 11 heavy (non-hydrogen) atoms. The summed E-state index contributed by atoms with van der Waals surface area (Å²) in [6, 6.07) is -0.958. The van der Waals surface area contributed by atoms with Crippen LogP contribution in [0.1, 0.15) is 13.3 Å². The lowest BCUT2D eigenvalue weighted by molar-refractivity contribution is -0.325. The van der Waals surface area contributed by atoms with Crippen LogP contribution in [0.2, 0.25) is 0 Å². The number of hydrogen-bond acceptors (Lipinski definition) is 4. The molecule has 0 bridgehead atoms. The fourth-order valence-electron chi connectivity index (χ4n) is 0.644. The van der Waals surface area contributed by atoms with Gasteiger partial charge in [0.25, 0.3) is 5.97 Å². The van der Waals surface area contributed by atoms with Gasteiger partial charge in [0.2, 0.25) is 0 Å². The largest absolute Gasteiger partial charge is 0.376 e. The van der Waals surface area contributed by atoms with Crippen molar-refractivity contribution in [2.24, 2.45) is 5.73 Å². The van der Waals surface area contributed by atoms with Crippen LogP contribution in [0, 0.1) is 0 Å². The molecule has 66 valence electrons. The molecule has 0 radical (unpaired) electrons. The molecule has 5 nitrogen and oxygen atoms in total. The van der Waals surface area contributed by atoms with Crippen LogP contribution in [0.15, 0.2) is 0 Å². The van der Waals surface area contributed by atoms with E-state index in [1.807, 2.05) is 0 Å². The summed E-state index contributed by atoms with van der Waals surface area (Å²) in [6.45, 7) is 1.65. The lowest BCUT2D eigenvalue weighted by Crippen LogP contribution is -2.53. The van der Waals surface area contributed by atoms with Crippen LogP contribution < -0.4 is 11.1 Å². The fourth-order valence-corrected chi connectivity index (χ4v) is 0.787. The van der Waals surface area contributed by atoms with Crippen molar-refractivity contribution >= 4 is 17.3 Å². The fraction of sp³-hybridized carbons (Fsp3) is 0.800. The molecule has 0 saturated carbocycles. The molecule has 6 heteroatoms. The first-order chi connectivity index (χ1) is 4.88. The highest BCUT2D eigenvalue weighted by Crippen LogP contribution is 2.04. The third-order valence-corrected chi connectivity index (χ3v) is 1.31. The molecule has 0 spiro atoms. The summed E-state index contributed by atoms with van der Waals surface area (Å²) in [4.78, 5) is 0. The summed E-state index contributed by atoms with van der Waals surface area (Å²) in [5.74, 6) is -2.78. The topological polar surface area (TPSA) is 98.7 Å². The molecular weight excluding hydrogens is 168 g/mol. The summed E-state index contributed by atoms with van der Waals surface area (Å²) in [5.41, 5.74) is 5.05. The van der Waals surface area contributed by atoms with Gasteiger partial charge in [-0.25, -0.2) is 0 Å². The Hall–Kier alpha value is -0.430. The van der Waals surface area contributed by atoms with Gasteiger partial charge in [0.15, 0.2) is 5.11 Å². The number of thiocarbonyl (C=S) groups is 1. The first kappa shape index (κ1) is 10.6. The Kier molecular flexibility index (Phi) is 3.67. The molecule has 1 atom stereocenters. The average molecular weight is 180 g/mol. The van der Waals surface area contributed by atoms with Gasteiger partial charge >= 0.3 is 0 Å². The molecule has 0 aromatic heterocycles. The predicted molar refractivity (Wildman–Crippen MR) is 43.4 cm³/mol. The second-order valence-corrected chi connectivity index (χ2v) is 2.60. The van der Waals surface area contributed by atoms with Crippen molar-refractivity contribution in [1.82, 2.24) is 5.32 Å². The molecule has 0 aromatic carbocycles. The van der Waals surface area contributed by atoms with Crippen molar-refractivity contribution < 1.29 is 15.3 Å². The Labute approximate surface area is 69.8 Å². The Bertz CT molecular complexity index is 145. The Morgan fingerprint density at radius 3 is 2.18 bits per heavy atom. The summed E-state index contributed by atoms with van der Waals surface area (Å²) in [5, 5.41) is 28.2. The number of nitrogens with two attached hydrogens (primary N) is 1. The molecule has 6 N–H and O–H groups in total. The summed E-state index contributed by atoms with van der Waals surface area (Å²) < 4.78 is 0. The maximum atomic E-state index is 8.66. The third-order valence-electron chi connectivity index (χ3n) is 1.19. The van der Waals surface area contributed by atoms with E-state index in [1.54, 1.807) is 6.92 Å². The quantitative estimate of drug-likeness (QED) is 0.260. The lowest BCUT2D eigenvalue weighted by atomic mass is 10.2. The van der Waals surface area contributed by atoms with Crippen molar-refractivity contribution in [3.05, 3.63) is 0 Å². The molecule has 0 aliphatic rings. The van der Waals surface area contributed by atoms with Crippen molar-refractivity contribution in [2.45, 2.75) is 25.4 Å². The van der Waals surface area contributed by atoms with Crippen molar-refractivity contribution in [2.75, 3.05) is 0 Å². The minimum atomic E-state index is -2.78. The van der Waals surface area contributed by atoms with Crippen LogP contribution in [0.5, 0.6) is 0 Å². The maximum absolute atomic E-state index is 8.66. The Morgan fingerprint density at radius 2 is 2.09 bits per heavy atom. The predicted octanol–water partition coefficient (Wildman–Crippen LogP) is -1.77.